The first kappa shape index (κ1) is 23.7. The number of anilines is 3. The predicted octanol–water partition coefficient (Wildman–Crippen LogP) is 4.66. The number of fused-ring (bicyclic) bond motifs is 1. The third kappa shape index (κ3) is 4.86. The zero-order chi connectivity index (χ0) is 25.2. The highest BCUT2D eigenvalue weighted by Crippen LogP contribution is 2.38. The molecule has 1 aliphatic heterocycles. The van der Waals surface area contributed by atoms with Crippen LogP contribution in [0.15, 0.2) is 61.1 Å². The van der Waals surface area contributed by atoms with Gasteiger partial charge in [-0.1, -0.05) is 17.7 Å². The van der Waals surface area contributed by atoms with Crippen molar-refractivity contribution in [2.45, 2.75) is 12.6 Å². The Morgan fingerprint density at radius 2 is 2.00 bits per heavy atom. The first-order valence-electron chi connectivity index (χ1n) is 11.3. The first-order chi connectivity index (χ1) is 17.4. The van der Waals surface area contributed by atoms with Crippen LogP contribution in [-0.4, -0.2) is 58.0 Å². The molecular weight excluding hydrogens is 482 g/mol. The van der Waals surface area contributed by atoms with E-state index in [-0.39, 0.29) is 10.6 Å². The summed E-state index contributed by atoms with van der Waals surface area (Å²) in [7, 11) is 4.01. The molecule has 184 valence electrons. The maximum atomic E-state index is 11.9. The van der Waals surface area contributed by atoms with Gasteiger partial charge >= 0.3 is 0 Å². The quantitative estimate of drug-likeness (QED) is 0.270. The van der Waals surface area contributed by atoms with Crippen LogP contribution < -0.4 is 15.0 Å². The molecular formula is C25H24ClN7O3. The normalized spacial score (nSPS) is 13.6. The van der Waals surface area contributed by atoms with Crippen molar-refractivity contribution in [3.05, 3.63) is 81.9 Å². The largest absolute Gasteiger partial charge is 0.486 e. The zero-order valence-electron chi connectivity index (χ0n) is 19.8. The molecule has 3 heterocycles. The van der Waals surface area contributed by atoms with E-state index < -0.39 is 0 Å². The van der Waals surface area contributed by atoms with E-state index >= 15 is 0 Å². The lowest BCUT2D eigenvalue weighted by atomic mass is 10.0. The van der Waals surface area contributed by atoms with Crippen LogP contribution >= 0.6 is 11.6 Å². The fourth-order valence-corrected chi connectivity index (χ4v) is 4.26. The molecule has 5 rings (SSSR count). The molecule has 2 aromatic heterocycles. The SMILES string of the molecule is CN(C)C1CN(c2cc3ncnc(Nc4ccc(OCc5ccccn5)c(Cl)c4)c3cc2[N+](=O)[O-])C1. The number of aromatic nitrogens is 3. The Kier molecular flexibility index (Phi) is 6.53. The van der Waals surface area contributed by atoms with Gasteiger partial charge in [-0.3, -0.25) is 15.1 Å². The lowest BCUT2D eigenvalue weighted by molar-refractivity contribution is -0.384. The molecule has 0 bridgehead atoms. The minimum absolute atomic E-state index is 0.0221. The summed E-state index contributed by atoms with van der Waals surface area (Å²) in [6.07, 6.45) is 3.14. The minimum atomic E-state index is -0.362. The van der Waals surface area contributed by atoms with Gasteiger partial charge in [0.05, 0.1) is 21.2 Å². The van der Waals surface area contributed by atoms with Gasteiger partial charge < -0.3 is 19.9 Å². The van der Waals surface area contributed by atoms with Gasteiger partial charge in [0.25, 0.3) is 5.69 Å². The standard InChI is InChI=1S/C25H24ClN7O3/c1-31(2)18-12-32(13-18)22-11-21-19(10-23(22)33(34)35)25(29-15-28-21)30-16-6-7-24(20(26)9-16)36-14-17-5-3-4-8-27-17/h3-11,15,18H,12-14H2,1-2H3,(H,28,29,30). The maximum Gasteiger partial charge on any atom is 0.293 e. The summed E-state index contributed by atoms with van der Waals surface area (Å²) < 4.78 is 5.78. The van der Waals surface area contributed by atoms with Crippen molar-refractivity contribution < 1.29 is 9.66 Å². The summed E-state index contributed by atoms with van der Waals surface area (Å²) in [5.41, 5.74) is 2.65. The first-order valence-corrected chi connectivity index (χ1v) is 11.7. The number of pyridine rings is 1. The molecule has 1 aliphatic rings. The summed E-state index contributed by atoms with van der Waals surface area (Å²) in [5, 5.41) is 16.1. The number of benzene rings is 2. The Labute approximate surface area is 212 Å². The number of hydrogen-bond acceptors (Lipinski definition) is 9. The molecule has 0 saturated carbocycles. The average Bonchev–Trinajstić information content (AvgIpc) is 2.82. The topological polar surface area (TPSA) is 110 Å². The van der Waals surface area contributed by atoms with Crippen molar-refractivity contribution >= 4 is 45.4 Å². The lowest BCUT2D eigenvalue weighted by Crippen LogP contribution is -2.57. The van der Waals surface area contributed by atoms with E-state index in [4.69, 9.17) is 16.3 Å². The van der Waals surface area contributed by atoms with Gasteiger partial charge in [0, 0.05) is 42.5 Å². The van der Waals surface area contributed by atoms with Gasteiger partial charge in [-0.2, -0.15) is 0 Å². The maximum absolute atomic E-state index is 11.9. The summed E-state index contributed by atoms with van der Waals surface area (Å²) in [6.45, 7) is 1.74. The van der Waals surface area contributed by atoms with Crippen LogP contribution in [0.4, 0.5) is 22.9 Å². The van der Waals surface area contributed by atoms with Crippen LogP contribution in [0.3, 0.4) is 0 Å². The molecule has 0 radical (unpaired) electrons. The Hall–Kier alpha value is -4.02. The van der Waals surface area contributed by atoms with E-state index in [1.54, 1.807) is 30.5 Å². The van der Waals surface area contributed by atoms with Crippen molar-refractivity contribution in [2.24, 2.45) is 0 Å². The van der Waals surface area contributed by atoms with Crippen molar-refractivity contribution in [1.82, 2.24) is 19.9 Å². The van der Waals surface area contributed by atoms with Crippen LogP contribution in [-0.2, 0) is 6.61 Å². The predicted molar refractivity (Wildman–Crippen MR) is 139 cm³/mol. The Morgan fingerprint density at radius 3 is 2.69 bits per heavy atom. The van der Waals surface area contributed by atoms with Crippen LogP contribution in [0.5, 0.6) is 5.75 Å². The zero-order valence-corrected chi connectivity index (χ0v) is 20.5. The molecule has 11 heteroatoms. The number of nitrogens with zero attached hydrogens (tertiary/aromatic N) is 6. The van der Waals surface area contributed by atoms with Gasteiger partial charge in [-0.15, -0.1) is 0 Å². The van der Waals surface area contributed by atoms with Gasteiger partial charge in [0.2, 0.25) is 0 Å². The highest BCUT2D eigenvalue weighted by Gasteiger charge is 2.33. The Bertz CT molecular complexity index is 1410. The number of nitro benzene ring substituents is 1. The number of rotatable bonds is 8. The van der Waals surface area contributed by atoms with Gasteiger partial charge in [-0.25, -0.2) is 9.97 Å². The lowest BCUT2D eigenvalue weighted by Gasteiger charge is -2.43. The van der Waals surface area contributed by atoms with Crippen molar-refractivity contribution in [3.63, 3.8) is 0 Å². The summed E-state index contributed by atoms with van der Waals surface area (Å²) >= 11 is 6.44. The Morgan fingerprint density at radius 1 is 1.17 bits per heavy atom. The third-order valence-electron chi connectivity index (χ3n) is 6.16. The van der Waals surface area contributed by atoms with Crippen LogP contribution in [0.1, 0.15) is 5.69 Å². The van der Waals surface area contributed by atoms with E-state index in [9.17, 15) is 10.1 Å². The van der Waals surface area contributed by atoms with E-state index in [2.05, 4.69) is 25.2 Å². The molecule has 10 nitrogen and oxygen atoms in total. The van der Waals surface area contributed by atoms with Crippen LogP contribution in [0.2, 0.25) is 5.02 Å². The third-order valence-corrected chi connectivity index (χ3v) is 6.45. The van der Waals surface area contributed by atoms with E-state index in [0.29, 0.717) is 51.5 Å². The molecule has 4 aromatic rings. The number of halogens is 1. The number of ether oxygens (including phenoxy) is 1. The summed E-state index contributed by atoms with van der Waals surface area (Å²) in [6, 6.07) is 14.5. The average molecular weight is 506 g/mol. The van der Waals surface area contributed by atoms with Crippen molar-refractivity contribution in [3.8, 4) is 5.75 Å². The van der Waals surface area contributed by atoms with E-state index in [0.717, 1.165) is 18.8 Å². The molecule has 0 spiro atoms. The molecule has 2 aromatic carbocycles. The van der Waals surface area contributed by atoms with Crippen LogP contribution in [0, 0.1) is 10.1 Å². The molecule has 0 unspecified atom stereocenters. The number of hydrogen-bond donors (Lipinski definition) is 1. The fraction of sp³-hybridized carbons (Fsp3) is 0.240. The fourth-order valence-electron chi connectivity index (χ4n) is 4.03. The van der Waals surface area contributed by atoms with Gasteiger partial charge in [0.15, 0.2) is 0 Å². The molecule has 0 amide bonds. The second kappa shape index (κ2) is 9.92. The van der Waals surface area contributed by atoms with E-state index in [1.807, 2.05) is 37.2 Å². The van der Waals surface area contributed by atoms with E-state index in [1.165, 1.54) is 12.4 Å². The molecule has 1 saturated heterocycles. The highest BCUT2D eigenvalue weighted by molar-refractivity contribution is 6.32. The molecule has 0 aliphatic carbocycles. The van der Waals surface area contributed by atoms with Crippen LogP contribution in [0.25, 0.3) is 10.9 Å². The highest BCUT2D eigenvalue weighted by atomic mass is 35.5. The second-order valence-electron chi connectivity index (χ2n) is 8.74. The van der Waals surface area contributed by atoms with Gasteiger partial charge in [-0.05, 0) is 50.5 Å². The van der Waals surface area contributed by atoms with Crippen molar-refractivity contribution in [1.29, 1.82) is 0 Å². The molecule has 1 fully saturated rings. The molecule has 1 N–H and O–H groups in total. The number of nitro groups is 1. The number of likely N-dealkylation sites (N-methyl/N-ethyl adjacent to an activating group) is 1. The smallest absolute Gasteiger partial charge is 0.293 e. The minimum Gasteiger partial charge on any atom is -0.486 e. The van der Waals surface area contributed by atoms with Gasteiger partial charge in [0.1, 0.15) is 30.2 Å². The molecule has 0 atom stereocenters. The summed E-state index contributed by atoms with van der Waals surface area (Å²) in [4.78, 5) is 28.6. The monoisotopic (exact) mass is 505 g/mol. The molecule has 36 heavy (non-hydrogen) atoms. The van der Waals surface area contributed by atoms with Crippen molar-refractivity contribution in [2.75, 3.05) is 37.4 Å². The Balaban J connectivity index is 1.39. The number of nitrogens with one attached hydrogen (secondary N) is 1. The summed E-state index contributed by atoms with van der Waals surface area (Å²) in [5.74, 6) is 0.967. The second-order valence-corrected chi connectivity index (χ2v) is 9.15.